The highest BCUT2D eigenvalue weighted by Crippen LogP contribution is 2.37. The molecule has 4 aromatic rings. The highest BCUT2D eigenvalue weighted by Gasteiger charge is 2.21. The summed E-state index contributed by atoms with van der Waals surface area (Å²) >= 11 is 6.43. The molecule has 2 aromatic heterocycles. The number of hydrogen-bond donors (Lipinski definition) is 2. The quantitative estimate of drug-likeness (QED) is 0.469. The number of pyridine rings is 1. The van der Waals surface area contributed by atoms with E-state index in [2.05, 4.69) is 10.3 Å². The summed E-state index contributed by atoms with van der Waals surface area (Å²) in [5.41, 5.74) is 3.56. The van der Waals surface area contributed by atoms with Crippen LogP contribution in [0.2, 0.25) is 5.02 Å². The fraction of sp³-hybridized carbons (Fsp3) is 0.0455. The number of carboxylic acids is 1. The number of carbonyl (C=O) groups is 1. The van der Waals surface area contributed by atoms with Crippen LogP contribution in [0.15, 0.2) is 72.9 Å². The maximum Gasteiger partial charge on any atom is 0.356 e. The van der Waals surface area contributed by atoms with E-state index in [-0.39, 0.29) is 5.69 Å². The maximum absolute atomic E-state index is 11.6. The van der Waals surface area contributed by atoms with Gasteiger partial charge in [-0.2, -0.15) is 5.10 Å². The van der Waals surface area contributed by atoms with Gasteiger partial charge in [-0.25, -0.2) is 14.5 Å². The van der Waals surface area contributed by atoms with Gasteiger partial charge in [0.15, 0.2) is 5.69 Å². The van der Waals surface area contributed by atoms with Crippen LogP contribution in [-0.4, -0.2) is 25.8 Å². The first kappa shape index (κ1) is 18.7. The first-order valence-corrected chi connectivity index (χ1v) is 9.29. The number of anilines is 2. The van der Waals surface area contributed by atoms with Crippen LogP contribution in [0.25, 0.3) is 16.8 Å². The average molecular weight is 405 g/mol. The predicted octanol–water partition coefficient (Wildman–Crippen LogP) is 5.34. The lowest BCUT2D eigenvalue weighted by Crippen LogP contribution is -2.09. The Labute approximate surface area is 172 Å². The van der Waals surface area contributed by atoms with Crippen molar-refractivity contribution in [1.29, 1.82) is 0 Å². The first-order valence-electron chi connectivity index (χ1n) is 8.91. The number of benzene rings is 2. The third kappa shape index (κ3) is 3.58. The minimum Gasteiger partial charge on any atom is -0.476 e. The Morgan fingerprint density at radius 3 is 2.48 bits per heavy atom. The van der Waals surface area contributed by atoms with E-state index in [4.69, 9.17) is 16.7 Å². The molecule has 0 atom stereocenters. The molecule has 2 heterocycles. The molecule has 29 heavy (non-hydrogen) atoms. The minimum absolute atomic E-state index is 0.0731. The van der Waals surface area contributed by atoms with Crippen LogP contribution in [0.1, 0.15) is 16.2 Å². The average Bonchev–Trinajstić information content (AvgIpc) is 3.05. The fourth-order valence-corrected chi connectivity index (χ4v) is 3.41. The molecular formula is C22H17ClN4O2. The van der Waals surface area contributed by atoms with Crippen LogP contribution in [0.4, 0.5) is 11.5 Å². The Balaban J connectivity index is 1.96. The van der Waals surface area contributed by atoms with Crippen LogP contribution in [0.3, 0.4) is 0 Å². The Morgan fingerprint density at radius 2 is 1.76 bits per heavy atom. The van der Waals surface area contributed by atoms with Crippen molar-refractivity contribution < 1.29 is 9.90 Å². The van der Waals surface area contributed by atoms with Crippen molar-refractivity contribution in [2.75, 3.05) is 5.32 Å². The van der Waals surface area contributed by atoms with E-state index in [1.807, 2.05) is 55.5 Å². The second kappa shape index (κ2) is 7.77. The number of aromatic carboxylic acids is 1. The van der Waals surface area contributed by atoms with Crippen molar-refractivity contribution in [3.63, 3.8) is 0 Å². The van der Waals surface area contributed by atoms with E-state index in [1.54, 1.807) is 22.9 Å². The largest absolute Gasteiger partial charge is 0.476 e. The molecule has 4 rings (SSSR count). The summed E-state index contributed by atoms with van der Waals surface area (Å²) in [5, 5.41) is 18.0. The second-order valence-corrected chi connectivity index (χ2v) is 6.78. The normalized spacial score (nSPS) is 10.7. The summed E-state index contributed by atoms with van der Waals surface area (Å²) in [6.45, 7) is 1.90. The molecule has 7 heteroatoms. The molecular weight excluding hydrogens is 388 g/mol. The maximum atomic E-state index is 11.6. The Hall–Kier alpha value is -3.64. The molecule has 0 aliphatic carbocycles. The van der Waals surface area contributed by atoms with Crippen LogP contribution >= 0.6 is 11.6 Å². The van der Waals surface area contributed by atoms with Gasteiger partial charge in [0.25, 0.3) is 0 Å². The van der Waals surface area contributed by atoms with Crippen LogP contribution in [0.5, 0.6) is 0 Å². The van der Waals surface area contributed by atoms with Crippen molar-refractivity contribution in [3.8, 4) is 16.8 Å². The van der Waals surface area contributed by atoms with Crippen LogP contribution in [0, 0.1) is 6.92 Å². The minimum atomic E-state index is -1.12. The number of aryl methyl sites for hydroxylation is 1. The molecule has 6 nitrogen and oxygen atoms in total. The second-order valence-electron chi connectivity index (χ2n) is 6.37. The van der Waals surface area contributed by atoms with Gasteiger partial charge >= 0.3 is 5.97 Å². The van der Waals surface area contributed by atoms with Gasteiger partial charge in [0, 0.05) is 11.8 Å². The number of carboxylic acid groups (broad SMARTS) is 1. The molecule has 0 fully saturated rings. The summed E-state index contributed by atoms with van der Waals surface area (Å²) in [7, 11) is 0. The van der Waals surface area contributed by atoms with Gasteiger partial charge in [0.2, 0.25) is 0 Å². The summed E-state index contributed by atoms with van der Waals surface area (Å²) in [6.07, 6.45) is 1.45. The third-order valence-electron chi connectivity index (χ3n) is 4.47. The highest BCUT2D eigenvalue weighted by molar-refractivity contribution is 6.32. The Bertz CT molecular complexity index is 1190. The SMILES string of the molecule is Cc1nn(-c2ccccc2Cl)c(Nc2cccnc2C(=O)O)c1-c1ccccc1. The Kier molecular flexibility index (Phi) is 5.01. The summed E-state index contributed by atoms with van der Waals surface area (Å²) in [4.78, 5) is 15.6. The predicted molar refractivity (Wildman–Crippen MR) is 113 cm³/mol. The van der Waals surface area contributed by atoms with Gasteiger partial charge in [-0.15, -0.1) is 0 Å². The molecule has 0 aliphatic rings. The van der Waals surface area contributed by atoms with Crippen molar-refractivity contribution in [1.82, 2.24) is 14.8 Å². The molecule has 144 valence electrons. The number of nitrogens with zero attached hydrogens (tertiary/aromatic N) is 3. The smallest absolute Gasteiger partial charge is 0.356 e. The molecule has 0 amide bonds. The summed E-state index contributed by atoms with van der Waals surface area (Å²) in [5.74, 6) is -0.507. The molecule has 0 unspecified atom stereocenters. The molecule has 0 bridgehead atoms. The number of nitrogens with one attached hydrogen (secondary N) is 1. The van der Waals surface area contributed by atoms with E-state index in [0.717, 1.165) is 16.8 Å². The number of aromatic nitrogens is 3. The molecule has 2 N–H and O–H groups in total. The number of rotatable bonds is 5. The standard InChI is InChI=1S/C22H17ClN4O2/c1-14-19(15-8-3-2-4-9-15)21(25-17-11-7-13-24-20(17)22(28)29)27(26-14)18-12-6-5-10-16(18)23/h2-13,25H,1H3,(H,28,29). The van der Waals surface area contributed by atoms with E-state index in [1.165, 1.54) is 6.20 Å². The lowest BCUT2D eigenvalue weighted by atomic mass is 10.1. The molecule has 0 saturated heterocycles. The van der Waals surface area contributed by atoms with Crippen molar-refractivity contribution in [2.24, 2.45) is 0 Å². The highest BCUT2D eigenvalue weighted by atomic mass is 35.5. The van der Waals surface area contributed by atoms with Crippen molar-refractivity contribution in [2.45, 2.75) is 6.92 Å². The van der Waals surface area contributed by atoms with Gasteiger partial charge < -0.3 is 10.4 Å². The topological polar surface area (TPSA) is 80.0 Å². The van der Waals surface area contributed by atoms with Crippen LogP contribution in [-0.2, 0) is 0 Å². The zero-order chi connectivity index (χ0) is 20.4. The molecule has 0 radical (unpaired) electrons. The van der Waals surface area contributed by atoms with E-state index in [9.17, 15) is 9.90 Å². The van der Waals surface area contributed by atoms with Crippen molar-refractivity contribution in [3.05, 3.63) is 89.3 Å². The molecule has 0 saturated carbocycles. The summed E-state index contributed by atoms with van der Waals surface area (Å²) in [6, 6.07) is 20.5. The number of hydrogen-bond acceptors (Lipinski definition) is 4. The summed E-state index contributed by atoms with van der Waals surface area (Å²) < 4.78 is 1.69. The molecule has 0 aliphatic heterocycles. The first-order chi connectivity index (χ1) is 14.1. The molecule has 2 aromatic carbocycles. The lowest BCUT2D eigenvalue weighted by molar-refractivity contribution is 0.0691. The van der Waals surface area contributed by atoms with Gasteiger partial charge in [0.1, 0.15) is 5.82 Å². The lowest BCUT2D eigenvalue weighted by Gasteiger charge is -2.14. The zero-order valence-corrected chi connectivity index (χ0v) is 16.3. The van der Waals surface area contributed by atoms with Gasteiger partial charge in [0.05, 0.1) is 22.1 Å². The molecule has 0 spiro atoms. The van der Waals surface area contributed by atoms with Gasteiger partial charge in [-0.3, -0.25) is 0 Å². The van der Waals surface area contributed by atoms with Crippen molar-refractivity contribution >= 4 is 29.1 Å². The van der Waals surface area contributed by atoms with Gasteiger partial charge in [-0.05, 0) is 36.8 Å². The monoisotopic (exact) mass is 404 g/mol. The fourth-order valence-electron chi connectivity index (χ4n) is 3.20. The van der Waals surface area contributed by atoms with E-state index >= 15 is 0 Å². The third-order valence-corrected chi connectivity index (χ3v) is 4.79. The van der Waals surface area contributed by atoms with Gasteiger partial charge in [-0.1, -0.05) is 54.1 Å². The van der Waals surface area contributed by atoms with Crippen LogP contribution < -0.4 is 5.32 Å². The van der Waals surface area contributed by atoms with E-state index in [0.29, 0.717) is 22.2 Å². The van der Waals surface area contributed by atoms with E-state index < -0.39 is 5.97 Å². The number of para-hydroxylation sites is 1. The Morgan fingerprint density at radius 1 is 1.03 bits per heavy atom. The zero-order valence-electron chi connectivity index (χ0n) is 15.5. The number of halogens is 1.